The van der Waals surface area contributed by atoms with Crippen molar-refractivity contribution >= 4 is 27.8 Å². The van der Waals surface area contributed by atoms with Crippen molar-refractivity contribution in [3.63, 3.8) is 0 Å². The predicted molar refractivity (Wildman–Crippen MR) is 141 cm³/mol. The van der Waals surface area contributed by atoms with Crippen molar-refractivity contribution in [3.05, 3.63) is 114 Å². The number of methoxy groups -OCH3 is 1. The van der Waals surface area contributed by atoms with E-state index in [2.05, 4.69) is 111 Å². The van der Waals surface area contributed by atoms with E-state index in [1.54, 1.807) is 7.11 Å². The summed E-state index contributed by atoms with van der Waals surface area (Å²) in [6.45, 7) is 4.25. The number of benzene rings is 5. The molecular weight excluding hydrogens is 402 g/mol. The van der Waals surface area contributed by atoms with Gasteiger partial charge in [-0.25, -0.2) is 0 Å². The van der Waals surface area contributed by atoms with Gasteiger partial charge < -0.3 is 4.74 Å². The molecule has 1 atom stereocenters. The number of fused-ring (bicyclic) bond motifs is 2. The van der Waals surface area contributed by atoms with Crippen LogP contribution in [0.15, 0.2) is 102 Å². The molecule has 0 bridgehead atoms. The Morgan fingerprint density at radius 2 is 1.48 bits per heavy atom. The largest absolute Gasteiger partial charge is 0.496 e. The molecule has 0 radical (unpaired) electrons. The summed E-state index contributed by atoms with van der Waals surface area (Å²) in [7, 11) is 1.74. The molecular formula is C31H27NO. The summed E-state index contributed by atoms with van der Waals surface area (Å²) in [6, 6.07) is 34.2. The lowest BCUT2D eigenvalue weighted by Crippen LogP contribution is -1.95. The summed E-state index contributed by atoms with van der Waals surface area (Å²) in [4.78, 5) is 4.93. The fourth-order valence-electron chi connectivity index (χ4n) is 4.51. The lowest BCUT2D eigenvalue weighted by molar-refractivity contribution is 0.417. The van der Waals surface area contributed by atoms with E-state index in [1.807, 2.05) is 6.21 Å². The van der Waals surface area contributed by atoms with Gasteiger partial charge in [-0.05, 0) is 52.6 Å². The number of aryl methyl sites for hydroxylation is 1. The van der Waals surface area contributed by atoms with Crippen LogP contribution in [-0.4, -0.2) is 13.3 Å². The highest BCUT2D eigenvalue weighted by molar-refractivity contribution is 6.12. The van der Waals surface area contributed by atoms with E-state index in [0.29, 0.717) is 0 Å². The van der Waals surface area contributed by atoms with Gasteiger partial charge in [-0.15, -0.1) is 0 Å². The number of nitrogens with zero attached hydrogens (tertiary/aromatic N) is 1. The topological polar surface area (TPSA) is 21.6 Å². The number of rotatable bonds is 5. The SMILES string of the molecule is COc1ccc2ccccc2c1-c1cccc2cccc(C=N[C@H](C)c3ccc(C)cc3)c12. The average Bonchev–Trinajstić information content (AvgIpc) is 2.86. The first-order valence-corrected chi connectivity index (χ1v) is 11.3. The van der Waals surface area contributed by atoms with Crippen molar-refractivity contribution in [3.8, 4) is 16.9 Å². The van der Waals surface area contributed by atoms with Crippen molar-refractivity contribution < 1.29 is 4.74 Å². The molecule has 0 unspecified atom stereocenters. The minimum Gasteiger partial charge on any atom is -0.496 e. The maximum absolute atomic E-state index is 5.83. The lowest BCUT2D eigenvalue weighted by Gasteiger charge is -2.16. The molecule has 0 aliphatic heterocycles. The Balaban J connectivity index is 1.69. The first-order chi connectivity index (χ1) is 16.2. The number of hydrogen-bond acceptors (Lipinski definition) is 2. The van der Waals surface area contributed by atoms with Gasteiger partial charge in [-0.1, -0.05) is 96.6 Å². The van der Waals surface area contributed by atoms with Gasteiger partial charge in [-0.3, -0.25) is 4.99 Å². The fraction of sp³-hybridized carbons (Fsp3) is 0.129. The molecule has 0 aromatic heterocycles. The second kappa shape index (κ2) is 8.91. The van der Waals surface area contributed by atoms with Gasteiger partial charge in [-0.2, -0.15) is 0 Å². The van der Waals surface area contributed by atoms with Crippen LogP contribution in [0.2, 0.25) is 0 Å². The molecule has 162 valence electrons. The Morgan fingerprint density at radius 3 is 2.27 bits per heavy atom. The molecule has 2 heteroatoms. The van der Waals surface area contributed by atoms with Crippen molar-refractivity contribution in [2.24, 2.45) is 4.99 Å². The fourth-order valence-corrected chi connectivity index (χ4v) is 4.51. The molecule has 0 saturated carbocycles. The zero-order valence-electron chi connectivity index (χ0n) is 19.2. The number of ether oxygens (including phenoxy) is 1. The zero-order valence-corrected chi connectivity index (χ0v) is 19.2. The van der Waals surface area contributed by atoms with E-state index >= 15 is 0 Å². The molecule has 0 amide bonds. The van der Waals surface area contributed by atoms with E-state index < -0.39 is 0 Å². The molecule has 0 heterocycles. The summed E-state index contributed by atoms with van der Waals surface area (Å²) < 4.78 is 5.83. The summed E-state index contributed by atoms with van der Waals surface area (Å²) in [6.07, 6.45) is 2.02. The molecule has 5 rings (SSSR count). The summed E-state index contributed by atoms with van der Waals surface area (Å²) in [5.41, 5.74) is 5.86. The van der Waals surface area contributed by atoms with E-state index in [-0.39, 0.29) is 6.04 Å². The van der Waals surface area contributed by atoms with Gasteiger partial charge in [0, 0.05) is 17.3 Å². The van der Waals surface area contributed by atoms with Crippen LogP contribution in [0.1, 0.15) is 29.7 Å². The van der Waals surface area contributed by atoms with Crippen LogP contribution >= 0.6 is 0 Å². The highest BCUT2D eigenvalue weighted by Gasteiger charge is 2.15. The van der Waals surface area contributed by atoms with Crippen LogP contribution in [0.5, 0.6) is 5.75 Å². The second-order valence-electron chi connectivity index (χ2n) is 8.48. The van der Waals surface area contributed by atoms with Crippen LogP contribution < -0.4 is 4.74 Å². The van der Waals surface area contributed by atoms with Crippen LogP contribution in [0, 0.1) is 6.92 Å². The monoisotopic (exact) mass is 429 g/mol. The third-order valence-electron chi connectivity index (χ3n) is 6.31. The predicted octanol–water partition coefficient (Wildman–Crippen LogP) is 8.16. The molecule has 0 N–H and O–H groups in total. The summed E-state index contributed by atoms with van der Waals surface area (Å²) >= 11 is 0. The molecule has 0 aliphatic rings. The molecule has 5 aromatic rings. The van der Waals surface area contributed by atoms with Crippen LogP contribution in [0.4, 0.5) is 0 Å². The summed E-state index contributed by atoms with van der Waals surface area (Å²) in [5.74, 6) is 0.876. The van der Waals surface area contributed by atoms with Crippen LogP contribution in [0.3, 0.4) is 0 Å². The van der Waals surface area contributed by atoms with Gasteiger partial charge in [0.2, 0.25) is 0 Å². The quantitative estimate of drug-likeness (QED) is 0.258. The third kappa shape index (κ3) is 4.01. The standard InChI is InChI=1S/C31H27NO/c1-21-14-16-23(17-15-21)22(2)32-20-26-11-6-9-25-10-7-13-28(30(25)26)31-27-12-5-4-8-24(27)18-19-29(31)33-3/h4-20,22H,1-3H3/t22-/m1/s1. The zero-order chi connectivity index (χ0) is 22.8. The summed E-state index contributed by atoms with van der Waals surface area (Å²) in [5, 5.41) is 4.76. The molecule has 33 heavy (non-hydrogen) atoms. The average molecular weight is 430 g/mol. The maximum atomic E-state index is 5.83. The van der Waals surface area contributed by atoms with Crippen molar-refractivity contribution in [2.45, 2.75) is 19.9 Å². The molecule has 5 aromatic carbocycles. The van der Waals surface area contributed by atoms with E-state index in [9.17, 15) is 0 Å². The third-order valence-corrected chi connectivity index (χ3v) is 6.31. The van der Waals surface area contributed by atoms with Crippen LogP contribution in [0.25, 0.3) is 32.7 Å². The molecule has 0 aliphatic carbocycles. The van der Waals surface area contributed by atoms with Gasteiger partial charge in [0.15, 0.2) is 0 Å². The minimum absolute atomic E-state index is 0.0834. The van der Waals surface area contributed by atoms with E-state index in [4.69, 9.17) is 9.73 Å². The first-order valence-electron chi connectivity index (χ1n) is 11.3. The van der Waals surface area contributed by atoms with Gasteiger partial charge >= 0.3 is 0 Å². The normalized spacial score (nSPS) is 12.5. The van der Waals surface area contributed by atoms with Crippen molar-refractivity contribution in [1.82, 2.24) is 0 Å². The van der Waals surface area contributed by atoms with E-state index in [1.165, 1.54) is 32.7 Å². The van der Waals surface area contributed by atoms with Crippen LogP contribution in [-0.2, 0) is 0 Å². The van der Waals surface area contributed by atoms with E-state index in [0.717, 1.165) is 22.4 Å². The molecule has 0 saturated heterocycles. The second-order valence-corrected chi connectivity index (χ2v) is 8.48. The minimum atomic E-state index is 0.0834. The first kappa shape index (κ1) is 21.0. The van der Waals surface area contributed by atoms with Gasteiger partial charge in [0.25, 0.3) is 0 Å². The molecule has 0 spiro atoms. The number of aliphatic imine (C=N–C) groups is 1. The van der Waals surface area contributed by atoms with Crippen molar-refractivity contribution in [1.29, 1.82) is 0 Å². The Labute approximate surface area is 195 Å². The smallest absolute Gasteiger partial charge is 0.127 e. The Bertz CT molecular complexity index is 1460. The Hall–Kier alpha value is -3.91. The van der Waals surface area contributed by atoms with Gasteiger partial charge in [0.05, 0.1) is 13.2 Å². The van der Waals surface area contributed by atoms with Crippen molar-refractivity contribution in [2.75, 3.05) is 7.11 Å². The van der Waals surface area contributed by atoms with Gasteiger partial charge in [0.1, 0.15) is 5.75 Å². The Kier molecular flexibility index (Phi) is 5.66. The maximum Gasteiger partial charge on any atom is 0.127 e. The molecule has 0 fully saturated rings. The highest BCUT2D eigenvalue weighted by Crippen LogP contribution is 2.41. The highest BCUT2D eigenvalue weighted by atomic mass is 16.5. The molecule has 2 nitrogen and oxygen atoms in total. The number of hydrogen-bond donors (Lipinski definition) is 0. The lowest BCUT2D eigenvalue weighted by atomic mass is 9.91. The Morgan fingerprint density at radius 1 is 0.758 bits per heavy atom.